The van der Waals surface area contributed by atoms with Crippen molar-refractivity contribution in [1.29, 1.82) is 0 Å². The number of nitrogens with zero attached hydrogens (tertiary/aromatic N) is 5. The molecule has 0 radical (unpaired) electrons. The van der Waals surface area contributed by atoms with Crippen molar-refractivity contribution in [2.24, 2.45) is 0 Å². The van der Waals surface area contributed by atoms with Gasteiger partial charge in [-0.1, -0.05) is 0 Å². The summed E-state index contributed by atoms with van der Waals surface area (Å²) in [6, 6.07) is 7.28. The van der Waals surface area contributed by atoms with Crippen molar-refractivity contribution in [3.63, 3.8) is 0 Å². The van der Waals surface area contributed by atoms with Crippen LogP contribution in [0, 0.1) is 5.82 Å². The highest BCUT2D eigenvalue weighted by Gasteiger charge is 2.36. The second-order valence-electron chi connectivity index (χ2n) is 8.91. The van der Waals surface area contributed by atoms with E-state index in [1.807, 2.05) is 12.1 Å². The first-order chi connectivity index (χ1) is 17.2. The molecule has 1 saturated heterocycles. The third-order valence-corrected chi connectivity index (χ3v) is 6.39. The number of anilines is 1. The zero-order chi connectivity index (χ0) is 25.4. The van der Waals surface area contributed by atoms with Gasteiger partial charge in [-0.25, -0.2) is 9.37 Å². The number of aromatic nitrogens is 4. The van der Waals surface area contributed by atoms with Crippen molar-refractivity contribution < 1.29 is 17.6 Å². The quantitative estimate of drug-likeness (QED) is 0.399. The molecule has 0 spiro atoms. The van der Waals surface area contributed by atoms with Gasteiger partial charge in [-0.15, -0.1) is 0 Å². The summed E-state index contributed by atoms with van der Waals surface area (Å²) in [7, 11) is 3.67. The second-order valence-corrected chi connectivity index (χ2v) is 8.91. The van der Waals surface area contributed by atoms with Crippen LogP contribution in [0.5, 0.6) is 0 Å². The van der Waals surface area contributed by atoms with Crippen molar-refractivity contribution >= 4 is 16.7 Å². The second kappa shape index (κ2) is 9.47. The summed E-state index contributed by atoms with van der Waals surface area (Å²) in [5.74, 6) is -0.127. The van der Waals surface area contributed by atoms with Gasteiger partial charge in [0.15, 0.2) is 0 Å². The van der Waals surface area contributed by atoms with E-state index in [1.165, 1.54) is 12.3 Å². The maximum absolute atomic E-state index is 15.0. The van der Waals surface area contributed by atoms with Gasteiger partial charge in [-0.3, -0.25) is 10.1 Å². The van der Waals surface area contributed by atoms with Crippen LogP contribution in [-0.2, 0) is 12.7 Å². The van der Waals surface area contributed by atoms with Crippen LogP contribution in [0.1, 0.15) is 11.1 Å². The van der Waals surface area contributed by atoms with Gasteiger partial charge >= 0.3 is 6.18 Å². The fourth-order valence-corrected chi connectivity index (χ4v) is 4.48. The molecule has 0 aliphatic carbocycles. The molecule has 36 heavy (non-hydrogen) atoms. The molecule has 1 aromatic carbocycles. The molecule has 0 saturated carbocycles. The molecule has 0 bridgehead atoms. The minimum atomic E-state index is -4.75. The van der Waals surface area contributed by atoms with Crippen molar-refractivity contribution in [1.82, 2.24) is 30.4 Å². The van der Waals surface area contributed by atoms with Gasteiger partial charge in [0.25, 0.3) is 0 Å². The zero-order valence-corrected chi connectivity index (χ0v) is 19.8. The van der Waals surface area contributed by atoms with Crippen LogP contribution in [0.2, 0.25) is 0 Å². The van der Waals surface area contributed by atoms with Crippen LogP contribution in [0.3, 0.4) is 0 Å². The summed E-state index contributed by atoms with van der Waals surface area (Å²) in [4.78, 5) is 13.2. The molecular weight excluding hydrogens is 474 g/mol. The van der Waals surface area contributed by atoms with E-state index in [1.54, 1.807) is 13.2 Å². The Morgan fingerprint density at radius 1 is 1.03 bits per heavy atom. The summed E-state index contributed by atoms with van der Waals surface area (Å²) >= 11 is 0. The van der Waals surface area contributed by atoms with Crippen LogP contribution in [0.4, 0.5) is 23.4 Å². The van der Waals surface area contributed by atoms with Gasteiger partial charge in [0, 0.05) is 55.4 Å². The molecule has 5 rings (SSSR count). The Morgan fingerprint density at radius 3 is 2.47 bits per heavy atom. The Labute approximate surface area is 205 Å². The van der Waals surface area contributed by atoms with Gasteiger partial charge in [0.1, 0.15) is 17.3 Å². The highest BCUT2D eigenvalue weighted by molar-refractivity contribution is 5.94. The van der Waals surface area contributed by atoms with E-state index in [2.05, 4.69) is 42.3 Å². The lowest BCUT2D eigenvalue weighted by Crippen LogP contribution is -2.44. The summed E-state index contributed by atoms with van der Waals surface area (Å²) in [5.41, 5.74) is 0.153. The number of piperazine rings is 1. The number of H-pyrrole nitrogens is 1. The van der Waals surface area contributed by atoms with E-state index in [0.717, 1.165) is 44.1 Å². The van der Waals surface area contributed by atoms with Crippen LogP contribution in [0.15, 0.2) is 42.7 Å². The van der Waals surface area contributed by atoms with Crippen LogP contribution < -0.4 is 10.2 Å². The molecule has 11 heteroatoms. The Hall–Kier alpha value is -3.57. The van der Waals surface area contributed by atoms with E-state index in [9.17, 15) is 13.2 Å². The molecule has 0 unspecified atom stereocenters. The predicted octanol–water partition coefficient (Wildman–Crippen LogP) is 4.32. The number of hydrogen-bond donors (Lipinski definition) is 2. The van der Waals surface area contributed by atoms with Crippen LogP contribution in [-0.4, -0.2) is 65.3 Å². The van der Waals surface area contributed by atoms with Gasteiger partial charge in [-0.2, -0.15) is 18.3 Å². The number of rotatable bonds is 5. The number of aromatic amines is 1. The Kier molecular flexibility index (Phi) is 6.35. The smallest absolute Gasteiger partial charge is 0.354 e. The first-order valence-electron chi connectivity index (χ1n) is 11.5. The highest BCUT2D eigenvalue weighted by atomic mass is 19.4. The number of pyridine rings is 2. The number of likely N-dealkylation sites (N-methyl/N-ethyl adjacent to an activating group) is 1. The van der Waals surface area contributed by atoms with E-state index >= 15 is 4.39 Å². The lowest BCUT2D eigenvalue weighted by Gasteiger charge is -2.33. The van der Waals surface area contributed by atoms with E-state index in [-0.39, 0.29) is 17.8 Å². The normalized spacial score (nSPS) is 15.1. The number of halogens is 4. The maximum Gasteiger partial charge on any atom is 0.417 e. The Balaban J connectivity index is 1.54. The van der Waals surface area contributed by atoms with Gasteiger partial charge < -0.3 is 15.1 Å². The molecule has 0 atom stereocenters. The predicted molar refractivity (Wildman–Crippen MR) is 130 cm³/mol. The fraction of sp³-hybridized carbons (Fsp3) is 0.320. The first-order valence-corrected chi connectivity index (χ1v) is 11.5. The maximum atomic E-state index is 15.0. The number of fused-ring (bicyclic) bond motifs is 1. The molecular formula is C25H25F4N7. The monoisotopic (exact) mass is 499 g/mol. The van der Waals surface area contributed by atoms with Gasteiger partial charge in [-0.05, 0) is 50.0 Å². The Bertz CT molecular complexity index is 1370. The lowest BCUT2D eigenvalue weighted by molar-refractivity contribution is -0.137. The van der Waals surface area contributed by atoms with Gasteiger partial charge in [0.05, 0.1) is 23.0 Å². The Morgan fingerprint density at radius 2 is 1.81 bits per heavy atom. The minimum absolute atomic E-state index is 0.107. The average Bonchev–Trinajstić information content (AvgIpc) is 3.27. The molecule has 0 amide bonds. The zero-order valence-electron chi connectivity index (χ0n) is 19.8. The van der Waals surface area contributed by atoms with Crippen LogP contribution in [0.25, 0.3) is 33.4 Å². The molecule has 3 aromatic heterocycles. The third kappa shape index (κ3) is 4.63. The molecule has 4 aromatic rings. The number of benzene rings is 1. The van der Waals surface area contributed by atoms with Gasteiger partial charge in [0.2, 0.25) is 0 Å². The molecule has 4 heterocycles. The molecule has 1 fully saturated rings. The summed E-state index contributed by atoms with van der Waals surface area (Å²) in [5, 5.41) is 10.5. The third-order valence-electron chi connectivity index (χ3n) is 6.39. The first kappa shape index (κ1) is 24.1. The van der Waals surface area contributed by atoms with E-state index in [0.29, 0.717) is 22.2 Å². The number of alkyl halides is 3. The summed E-state index contributed by atoms with van der Waals surface area (Å²) in [6.07, 6.45) is -1.69. The molecule has 1 aliphatic heterocycles. The highest BCUT2D eigenvalue weighted by Crippen LogP contribution is 2.40. The van der Waals surface area contributed by atoms with E-state index < -0.39 is 23.1 Å². The minimum Gasteiger partial charge on any atom is -0.354 e. The molecule has 2 N–H and O–H groups in total. The molecule has 7 nitrogen and oxygen atoms in total. The lowest BCUT2D eigenvalue weighted by atomic mass is 9.98. The topological polar surface area (TPSA) is 73.0 Å². The van der Waals surface area contributed by atoms with Crippen molar-refractivity contribution in [2.45, 2.75) is 12.7 Å². The summed E-state index contributed by atoms with van der Waals surface area (Å²) in [6.45, 7) is 3.77. The largest absolute Gasteiger partial charge is 0.417 e. The van der Waals surface area contributed by atoms with Crippen molar-refractivity contribution in [3.05, 3.63) is 59.7 Å². The average molecular weight is 500 g/mol. The SMILES string of the molecule is CNCc1cc(F)c(-c2cc3c(-c4ccc(N5CCN(C)CC5)nc4)n[nH]c3cn2)c(C(F)(F)F)c1. The fourth-order valence-electron chi connectivity index (χ4n) is 4.48. The van der Waals surface area contributed by atoms with Crippen molar-refractivity contribution in [2.75, 3.05) is 45.2 Å². The van der Waals surface area contributed by atoms with Crippen molar-refractivity contribution in [3.8, 4) is 22.5 Å². The number of hydrogen-bond acceptors (Lipinski definition) is 6. The van der Waals surface area contributed by atoms with Crippen LogP contribution >= 0.6 is 0 Å². The number of nitrogens with one attached hydrogen (secondary N) is 2. The molecule has 188 valence electrons. The van der Waals surface area contributed by atoms with E-state index in [4.69, 9.17) is 0 Å². The molecule has 1 aliphatic rings. The standard InChI is InChI=1S/C25H25F4N7/c1-30-12-15-9-18(25(27,28)29)23(19(26)10-15)20-11-17-21(14-31-20)33-34-24(17)16-3-4-22(32-13-16)36-7-5-35(2)6-8-36/h3-4,9-11,13-14,30H,5-8,12H2,1-2H3,(H,33,34). The summed E-state index contributed by atoms with van der Waals surface area (Å²) < 4.78 is 56.7.